The molecule has 0 aliphatic rings. The molecule has 0 aliphatic heterocycles. The van der Waals surface area contributed by atoms with E-state index < -0.39 is 0 Å². The van der Waals surface area contributed by atoms with Crippen molar-refractivity contribution in [3.05, 3.63) is 18.2 Å². The molecule has 0 unspecified atom stereocenters. The lowest BCUT2D eigenvalue weighted by Crippen LogP contribution is -1.95. The Morgan fingerprint density at radius 3 is 2.14 bits per heavy atom. The van der Waals surface area contributed by atoms with Gasteiger partial charge in [-0.15, -0.1) is 0 Å². The first kappa shape index (κ1) is 14.2. The van der Waals surface area contributed by atoms with Crippen LogP contribution in [0.3, 0.4) is 0 Å². The van der Waals surface area contributed by atoms with Crippen molar-refractivity contribution in [2.45, 2.75) is 0 Å². The summed E-state index contributed by atoms with van der Waals surface area (Å²) < 4.78 is 21.8. The average molecular weight is 302 g/mol. The number of nitrogen functional groups attached to an aromatic ring is 1. The molecule has 2 aromatic carbocycles. The Labute approximate surface area is 127 Å². The second-order valence-corrected chi connectivity index (χ2v) is 4.80. The number of aromatic amines is 1. The maximum absolute atomic E-state index is 5.98. The molecule has 0 aliphatic carbocycles. The Hall–Kier alpha value is -2.76. The van der Waals surface area contributed by atoms with Crippen molar-refractivity contribution in [3.8, 4) is 23.0 Å². The highest BCUT2D eigenvalue weighted by Gasteiger charge is 2.21. The molecule has 0 bridgehead atoms. The SMILES string of the molecule is COc1cc2[nH]c3c(OC)c(N)ccc3c2c(OC)c1OC. The van der Waals surface area contributed by atoms with Crippen molar-refractivity contribution in [3.63, 3.8) is 0 Å². The second-order valence-electron chi connectivity index (χ2n) is 4.80. The van der Waals surface area contributed by atoms with Crippen molar-refractivity contribution >= 4 is 27.5 Å². The van der Waals surface area contributed by atoms with E-state index in [1.807, 2.05) is 18.2 Å². The van der Waals surface area contributed by atoms with E-state index >= 15 is 0 Å². The molecule has 0 fully saturated rings. The number of ether oxygens (including phenoxy) is 4. The number of H-pyrrole nitrogens is 1. The molecule has 0 radical (unpaired) electrons. The van der Waals surface area contributed by atoms with Gasteiger partial charge in [0.05, 0.1) is 50.5 Å². The van der Waals surface area contributed by atoms with Gasteiger partial charge >= 0.3 is 0 Å². The summed E-state index contributed by atoms with van der Waals surface area (Å²) in [5.41, 5.74) is 8.21. The summed E-state index contributed by atoms with van der Waals surface area (Å²) in [5.74, 6) is 2.35. The van der Waals surface area contributed by atoms with Gasteiger partial charge in [-0.1, -0.05) is 0 Å². The largest absolute Gasteiger partial charge is 0.493 e. The van der Waals surface area contributed by atoms with Gasteiger partial charge in [0, 0.05) is 11.5 Å². The highest BCUT2D eigenvalue weighted by molar-refractivity contribution is 6.14. The van der Waals surface area contributed by atoms with Crippen LogP contribution in [0.2, 0.25) is 0 Å². The number of aromatic nitrogens is 1. The predicted molar refractivity (Wildman–Crippen MR) is 86.4 cm³/mol. The molecular formula is C16H18N2O4. The first-order valence-corrected chi connectivity index (χ1v) is 6.73. The Kier molecular flexibility index (Phi) is 3.36. The zero-order valence-corrected chi connectivity index (χ0v) is 12.9. The third-order valence-corrected chi connectivity index (χ3v) is 3.75. The zero-order chi connectivity index (χ0) is 15.9. The summed E-state index contributed by atoms with van der Waals surface area (Å²) in [6.45, 7) is 0. The number of rotatable bonds is 4. The van der Waals surface area contributed by atoms with E-state index in [1.54, 1.807) is 28.4 Å². The molecule has 0 atom stereocenters. The van der Waals surface area contributed by atoms with Crippen LogP contribution in [0.1, 0.15) is 0 Å². The first-order chi connectivity index (χ1) is 10.7. The number of benzene rings is 2. The monoisotopic (exact) mass is 302 g/mol. The second kappa shape index (κ2) is 5.22. The lowest BCUT2D eigenvalue weighted by atomic mass is 10.1. The van der Waals surface area contributed by atoms with Gasteiger partial charge in [-0.05, 0) is 12.1 Å². The Morgan fingerprint density at radius 2 is 1.55 bits per heavy atom. The van der Waals surface area contributed by atoms with Gasteiger partial charge in [-0.3, -0.25) is 0 Å². The van der Waals surface area contributed by atoms with Gasteiger partial charge in [-0.25, -0.2) is 0 Å². The van der Waals surface area contributed by atoms with Crippen LogP contribution in [0, 0.1) is 0 Å². The predicted octanol–water partition coefficient (Wildman–Crippen LogP) is 2.94. The van der Waals surface area contributed by atoms with Crippen molar-refractivity contribution < 1.29 is 18.9 Å². The molecular weight excluding hydrogens is 284 g/mol. The van der Waals surface area contributed by atoms with Crippen LogP contribution in [-0.4, -0.2) is 33.4 Å². The lowest BCUT2D eigenvalue weighted by Gasteiger charge is -2.13. The molecule has 6 heteroatoms. The summed E-state index contributed by atoms with van der Waals surface area (Å²) in [4.78, 5) is 3.32. The molecule has 0 saturated carbocycles. The topological polar surface area (TPSA) is 78.7 Å². The average Bonchev–Trinajstić information content (AvgIpc) is 2.90. The fraction of sp³-hybridized carbons (Fsp3) is 0.250. The smallest absolute Gasteiger partial charge is 0.204 e. The van der Waals surface area contributed by atoms with E-state index in [2.05, 4.69) is 4.98 Å². The van der Waals surface area contributed by atoms with Crippen LogP contribution in [0.4, 0.5) is 5.69 Å². The minimum atomic E-state index is 0.550. The molecule has 6 nitrogen and oxygen atoms in total. The number of anilines is 1. The van der Waals surface area contributed by atoms with Crippen LogP contribution < -0.4 is 24.7 Å². The Bertz CT molecular complexity index is 855. The molecule has 116 valence electrons. The van der Waals surface area contributed by atoms with Crippen molar-refractivity contribution in [2.24, 2.45) is 0 Å². The summed E-state index contributed by atoms with van der Waals surface area (Å²) in [6.07, 6.45) is 0. The molecule has 1 heterocycles. The third-order valence-electron chi connectivity index (χ3n) is 3.75. The minimum Gasteiger partial charge on any atom is -0.493 e. The normalized spacial score (nSPS) is 10.9. The summed E-state index contributed by atoms with van der Waals surface area (Å²) in [5, 5.41) is 1.84. The summed E-state index contributed by atoms with van der Waals surface area (Å²) in [7, 11) is 6.36. The van der Waals surface area contributed by atoms with Gasteiger partial charge in [0.25, 0.3) is 0 Å². The molecule has 0 amide bonds. The number of nitrogens with one attached hydrogen (secondary N) is 1. The van der Waals surface area contributed by atoms with Crippen LogP contribution in [0.5, 0.6) is 23.0 Å². The van der Waals surface area contributed by atoms with Gasteiger partial charge in [-0.2, -0.15) is 0 Å². The number of hydrogen-bond donors (Lipinski definition) is 2. The van der Waals surface area contributed by atoms with E-state index in [0.717, 1.165) is 21.8 Å². The van der Waals surface area contributed by atoms with Crippen LogP contribution in [-0.2, 0) is 0 Å². The fourth-order valence-electron chi connectivity index (χ4n) is 2.81. The van der Waals surface area contributed by atoms with Crippen LogP contribution in [0.25, 0.3) is 21.8 Å². The Balaban J connectivity index is 2.51. The zero-order valence-electron chi connectivity index (χ0n) is 12.9. The number of methoxy groups -OCH3 is 4. The maximum Gasteiger partial charge on any atom is 0.204 e. The Morgan fingerprint density at radius 1 is 0.864 bits per heavy atom. The number of nitrogens with two attached hydrogens (primary N) is 1. The van der Waals surface area contributed by atoms with E-state index in [0.29, 0.717) is 28.7 Å². The quantitative estimate of drug-likeness (QED) is 0.724. The van der Waals surface area contributed by atoms with Gasteiger partial charge in [0.2, 0.25) is 5.75 Å². The highest BCUT2D eigenvalue weighted by atomic mass is 16.5. The fourth-order valence-corrected chi connectivity index (χ4v) is 2.81. The van der Waals surface area contributed by atoms with Crippen molar-refractivity contribution in [2.75, 3.05) is 34.2 Å². The van der Waals surface area contributed by atoms with Crippen molar-refractivity contribution in [1.29, 1.82) is 0 Å². The first-order valence-electron chi connectivity index (χ1n) is 6.73. The van der Waals surface area contributed by atoms with Crippen molar-refractivity contribution in [1.82, 2.24) is 4.98 Å². The minimum absolute atomic E-state index is 0.550. The van der Waals surface area contributed by atoms with E-state index in [-0.39, 0.29) is 0 Å². The van der Waals surface area contributed by atoms with E-state index in [9.17, 15) is 0 Å². The standard InChI is InChI=1S/C16H18N2O4/c1-19-11-7-10-12(16(22-4)15(11)21-3)8-5-6-9(17)14(20-2)13(8)18-10/h5-7,18H,17H2,1-4H3. The van der Waals surface area contributed by atoms with Gasteiger partial charge in [0.15, 0.2) is 17.2 Å². The van der Waals surface area contributed by atoms with Crippen LogP contribution in [0.15, 0.2) is 18.2 Å². The van der Waals surface area contributed by atoms with Crippen LogP contribution >= 0.6 is 0 Å². The number of fused-ring (bicyclic) bond motifs is 3. The number of hydrogen-bond acceptors (Lipinski definition) is 5. The molecule has 1 aromatic heterocycles. The summed E-state index contributed by atoms with van der Waals surface area (Å²) >= 11 is 0. The van der Waals surface area contributed by atoms with E-state index in [4.69, 9.17) is 24.7 Å². The highest BCUT2D eigenvalue weighted by Crippen LogP contribution is 2.47. The van der Waals surface area contributed by atoms with E-state index in [1.165, 1.54) is 0 Å². The maximum atomic E-state index is 5.98. The van der Waals surface area contributed by atoms with Gasteiger partial charge < -0.3 is 29.7 Å². The molecule has 3 rings (SSSR count). The summed E-state index contributed by atoms with van der Waals surface area (Å²) in [6, 6.07) is 5.61. The third kappa shape index (κ3) is 1.80. The molecule has 3 aromatic rings. The molecule has 3 N–H and O–H groups in total. The van der Waals surface area contributed by atoms with Gasteiger partial charge in [0.1, 0.15) is 0 Å². The molecule has 0 saturated heterocycles. The molecule has 0 spiro atoms. The lowest BCUT2D eigenvalue weighted by molar-refractivity contribution is 0.327. The molecule has 22 heavy (non-hydrogen) atoms.